The predicted octanol–water partition coefficient (Wildman–Crippen LogP) is 1.98. The molecule has 0 amide bonds. The SMILES string of the molecule is CC(C)(C)C(=O)CN1c2nc(N3C[C@H]4OCC5CC543)cc(=O)n2CC[C@H]1C(F)(F)F. The third-order valence-corrected chi connectivity index (χ3v) is 7.07. The summed E-state index contributed by atoms with van der Waals surface area (Å²) in [5.41, 5.74) is -1.34. The number of Topliss-reactive ketones (excluding diaryl/α,β-unsaturated/α-hetero) is 1. The van der Waals surface area contributed by atoms with Crippen LogP contribution in [0, 0.1) is 11.3 Å². The van der Waals surface area contributed by atoms with Crippen LogP contribution in [0.2, 0.25) is 0 Å². The molecule has 2 unspecified atom stereocenters. The number of halogens is 3. The van der Waals surface area contributed by atoms with Crippen LogP contribution in [-0.4, -0.2) is 58.9 Å². The van der Waals surface area contributed by atoms with Gasteiger partial charge in [-0.2, -0.15) is 18.2 Å². The van der Waals surface area contributed by atoms with Crippen LogP contribution < -0.4 is 15.4 Å². The molecular formula is C20H25F3N4O3. The molecule has 4 atom stereocenters. The molecule has 5 rings (SSSR count). The van der Waals surface area contributed by atoms with E-state index in [-0.39, 0.29) is 41.9 Å². The normalized spacial score (nSPS) is 32.3. The lowest BCUT2D eigenvalue weighted by Gasteiger charge is -2.48. The van der Waals surface area contributed by atoms with Crippen molar-refractivity contribution in [2.75, 3.05) is 29.5 Å². The van der Waals surface area contributed by atoms with E-state index >= 15 is 0 Å². The van der Waals surface area contributed by atoms with Crippen molar-refractivity contribution in [2.24, 2.45) is 11.3 Å². The first-order chi connectivity index (χ1) is 13.9. The Morgan fingerprint density at radius 1 is 1.33 bits per heavy atom. The summed E-state index contributed by atoms with van der Waals surface area (Å²) >= 11 is 0. The molecule has 2 saturated heterocycles. The molecule has 0 radical (unpaired) electrons. The summed E-state index contributed by atoms with van der Waals surface area (Å²) < 4.78 is 48.4. The Morgan fingerprint density at radius 2 is 2.07 bits per heavy atom. The molecular weight excluding hydrogens is 401 g/mol. The lowest BCUT2D eigenvalue weighted by atomic mass is 9.90. The van der Waals surface area contributed by atoms with E-state index in [1.807, 2.05) is 4.90 Å². The molecule has 4 aliphatic rings. The van der Waals surface area contributed by atoms with Crippen LogP contribution in [0.4, 0.5) is 24.9 Å². The molecule has 1 aliphatic carbocycles. The molecule has 1 spiro atoms. The molecule has 1 aromatic rings. The zero-order chi connectivity index (χ0) is 21.6. The second kappa shape index (κ2) is 5.99. The maximum Gasteiger partial charge on any atom is 0.408 e. The Balaban J connectivity index is 1.55. The highest BCUT2D eigenvalue weighted by atomic mass is 19.4. The van der Waals surface area contributed by atoms with Gasteiger partial charge < -0.3 is 14.5 Å². The van der Waals surface area contributed by atoms with Gasteiger partial charge in [0.15, 0.2) is 5.78 Å². The van der Waals surface area contributed by atoms with E-state index in [0.717, 1.165) is 11.3 Å². The third kappa shape index (κ3) is 2.72. The first-order valence-electron chi connectivity index (χ1n) is 10.3. The average Bonchev–Trinajstić information content (AvgIpc) is 3.31. The highest BCUT2D eigenvalue weighted by molar-refractivity contribution is 5.88. The minimum Gasteiger partial charge on any atom is -0.374 e. The van der Waals surface area contributed by atoms with Crippen LogP contribution in [0.25, 0.3) is 0 Å². The molecule has 1 saturated carbocycles. The van der Waals surface area contributed by atoms with E-state index in [9.17, 15) is 22.8 Å². The average molecular weight is 426 g/mol. The van der Waals surface area contributed by atoms with E-state index in [2.05, 4.69) is 4.98 Å². The second-order valence-corrected chi connectivity index (χ2v) is 9.88. The van der Waals surface area contributed by atoms with Crippen molar-refractivity contribution in [1.82, 2.24) is 9.55 Å². The highest BCUT2D eigenvalue weighted by Crippen LogP contribution is 2.63. The topological polar surface area (TPSA) is 67.7 Å². The fraction of sp³-hybridized carbons (Fsp3) is 0.750. The minimum absolute atomic E-state index is 0.0698. The van der Waals surface area contributed by atoms with E-state index in [1.165, 1.54) is 10.6 Å². The number of aromatic nitrogens is 2. The summed E-state index contributed by atoms with van der Waals surface area (Å²) in [6.45, 7) is 5.75. The van der Waals surface area contributed by atoms with Crippen LogP contribution in [-0.2, 0) is 16.1 Å². The lowest BCUT2D eigenvalue weighted by molar-refractivity contribution is -0.153. The summed E-state index contributed by atoms with van der Waals surface area (Å²) in [6, 6.07) is -0.448. The van der Waals surface area contributed by atoms with Crippen molar-refractivity contribution in [2.45, 2.75) is 64.0 Å². The number of carbonyl (C=O) groups is 1. The molecule has 0 aromatic carbocycles. The van der Waals surface area contributed by atoms with Gasteiger partial charge in [-0.05, 0) is 12.8 Å². The zero-order valence-corrected chi connectivity index (χ0v) is 17.2. The molecule has 0 N–H and O–H groups in total. The van der Waals surface area contributed by atoms with Gasteiger partial charge in [0.25, 0.3) is 5.56 Å². The molecule has 4 heterocycles. The number of nitrogens with zero attached hydrogens (tertiary/aromatic N) is 4. The standard InChI is InChI=1S/C20H25F3N4O3/c1-18(2,3)13(28)8-26-12(20(21,22)23)4-5-25-16(29)6-15(24-17(25)26)27-9-14-19(27)7-11(19)10-30-14/h6,11-12,14H,4-5,7-10H2,1-3H3/t11?,12-,14+,19?/m0/s1. The molecule has 10 heteroatoms. The number of hydrogen-bond acceptors (Lipinski definition) is 6. The smallest absolute Gasteiger partial charge is 0.374 e. The van der Waals surface area contributed by atoms with Gasteiger partial charge in [-0.1, -0.05) is 20.8 Å². The molecule has 3 fully saturated rings. The molecule has 30 heavy (non-hydrogen) atoms. The van der Waals surface area contributed by atoms with Gasteiger partial charge in [0.1, 0.15) is 11.9 Å². The van der Waals surface area contributed by atoms with Crippen LogP contribution >= 0.6 is 0 Å². The molecule has 3 aliphatic heterocycles. The van der Waals surface area contributed by atoms with Gasteiger partial charge in [-0.25, -0.2) is 0 Å². The van der Waals surface area contributed by atoms with E-state index < -0.39 is 24.2 Å². The Hall–Kier alpha value is -2.10. The number of hydrogen-bond donors (Lipinski definition) is 0. The molecule has 1 aromatic heterocycles. The third-order valence-electron chi connectivity index (χ3n) is 7.07. The number of rotatable bonds is 3. The number of ether oxygens (including phenoxy) is 1. The Bertz CT molecular complexity index is 970. The van der Waals surface area contributed by atoms with E-state index in [1.54, 1.807) is 20.8 Å². The van der Waals surface area contributed by atoms with Gasteiger partial charge in [-0.15, -0.1) is 0 Å². The van der Waals surface area contributed by atoms with Crippen LogP contribution in [0.1, 0.15) is 33.6 Å². The first kappa shape index (κ1) is 19.8. The number of carbonyl (C=O) groups excluding carboxylic acids is 1. The van der Waals surface area contributed by atoms with Gasteiger partial charge in [0.05, 0.1) is 24.8 Å². The van der Waals surface area contributed by atoms with E-state index in [4.69, 9.17) is 4.74 Å². The molecule has 0 bridgehead atoms. The van der Waals surface area contributed by atoms with Gasteiger partial charge in [0, 0.05) is 30.5 Å². The van der Waals surface area contributed by atoms with Crippen molar-refractivity contribution in [3.05, 3.63) is 16.4 Å². The minimum atomic E-state index is -4.53. The monoisotopic (exact) mass is 426 g/mol. The first-order valence-corrected chi connectivity index (χ1v) is 10.3. The lowest BCUT2D eigenvalue weighted by Crippen LogP contribution is -2.63. The van der Waals surface area contributed by atoms with Crippen molar-refractivity contribution in [1.29, 1.82) is 0 Å². The Morgan fingerprint density at radius 3 is 2.67 bits per heavy atom. The number of alkyl halides is 3. The Kier molecular flexibility index (Phi) is 3.96. The largest absolute Gasteiger partial charge is 0.408 e. The molecule has 164 valence electrons. The number of anilines is 2. The Labute approximate surface area is 171 Å². The van der Waals surface area contributed by atoms with Gasteiger partial charge in [-0.3, -0.25) is 14.2 Å². The van der Waals surface area contributed by atoms with Crippen LogP contribution in [0.3, 0.4) is 0 Å². The second-order valence-electron chi connectivity index (χ2n) is 9.88. The van der Waals surface area contributed by atoms with Crippen molar-refractivity contribution in [3.63, 3.8) is 0 Å². The summed E-state index contributed by atoms with van der Waals surface area (Å²) in [4.78, 5) is 32.9. The van der Waals surface area contributed by atoms with E-state index in [0.29, 0.717) is 24.9 Å². The highest BCUT2D eigenvalue weighted by Gasteiger charge is 2.74. The zero-order valence-electron chi connectivity index (χ0n) is 17.2. The van der Waals surface area contributed by atoms with Crippen LogP contribution in [0.15, 0.2) is 10.9 Å². The number of ketones is 1. The quantitative estimate of drug-likeness (QED) is 0.737. The maximum atomic E-state index is 13.8. The van der Waals surface area contributed by atoms with Crippen molar-refractivity contribution in [3.8, 4) is 0 Å². The predicted molar refractivity (Wildman–Crippen MR) is 103 cm³/mol. The van der Waals surface area contributed by atoms with Crippen LogP contribution in [0.5, 0.6) is 0 Å². The fourth-order valence-corrected chi connectivity index (χ4v) is 5.06. The maximum absolute atomic E-state index is 13.8. The summed E-state index contributed by atoms with van der Waals surface area (Å²) in [5, 5.41) is 0. The fourth-order valence-electron chi connectivity index (χ4n) is 5.06. The van der Waals surface area contributed by atoms with Gasteiger partial charge >= 0.3 is 6.18 Å². The summed E-state index contributed by atoms with van der Waals surface area (Å²) in [5.74, 6) is 0.364. The summed E-state index contributed by atoms with van der Waals surface area (Å²) in [7, 11) is 0. The van der Waals surface area contributed by atoms with Crippen molar-refractivity contribution < 1.29 is 22.7 Å². The van der Waals surface area contributed by atoms with Gasteiger partial charge in [0.2, 0.25) is 5.95 Å². The van der Waals surface area contributed by atoms with Crippen molar-refractivity contribution >= 4 is 17.5 Å². The molecule has 7 nitrogen and oxygen atoms in total. The summed E-state index contributed by atoms with van der Waals surface area (Å²) in [6.07, 6.45) is -3.77. The number of fused-ring (bicyclic) bond motifs is 1.